The van der Waals surface area contributed by atoms with Crippen LogP contribution in [0.1, 0.15) is 18.8 Å². The van der Waals surface area contributed by atoms with Gasteiger partial charge in [0.25, 0.3) is 0 Å². The van der Waals surface area contributed by atoms with Crippen LogP contribution in [0.2, 0.25) is 0 Å². The average molecular weight is 394 g/mol. The molecule has 29 heavy (non-hydrogen) atoms. The maximum absolute atomic E-state index is 13.1. The number of methoxy groups -OCH3 is 1. The molecule has 0 saturated carbocycles. The van der Waals surface area contributed by atoms with Gasteiger partial charge in [-0.1, -0.05) is 0 Å². The second-order valence-corrected chi connectivity index (χ2v) is 6.45. The van der Waals surface area contributed by atoms with Gasteiger partial charge in [-0.3, -0.25) is 0 Å². The summed E-state index contributed by atoms with van der Waals surface area (Å²) in [6.07, 6.45) is 5.79. The van der Waals surface area contributed by atoms with Crippen molar-refractivity contribution in [2.45, 2.75) is 13.0 Å². The van der Waals surface area contributed by atoms with Crippen molar-refractivity contribution >= 4 is 28.5 Å². The molecule has 1 atom stereocenters. The van der Waals surface area contributed by atoms with Crippen molar-refractivity contribution in [1.29, 1.82) is 0 Å². The molecule has 3 aromatic heterocycles. The van der Waals surface area contributed by atoms with E-state index in [1.807, 2.05) is 42.9 Å². The molecule has 0 unspecified atom stereocenters. The summed E-state index contributed by atoms with van der Waals surface area (Å²) in [6.45, 7) is 1.85. The van der Waals surface area contributed by atoms with Crippen molar-refractivity contribution in [3.8, 4) is 5.75 Å². The van der Waals surface area contributed by atoms with Crippen LogP contribution in [0.15, 0.2) is 43.1 Å². The lowest BCUT2D eigenvalue weighted by Gasteiger charge is -2.15. The number of rotatable bonds is 6. The molecule has 0 bridgehead atoms. The van der Waals surface area contributed by atoms with E-state index in [9.17, 15) is 4.39 Å². The molecule has 0 fully saturated rings. The first kappa shape index (κ1) is 18.5. The zero-order valence-corrected chi connectivity index (χ0v) is 16.1. The lowest BCUT2D eigenvalue weighted by molar-refractivity contribution is 0.415. The third-order valence-corrected chi connectivity index (χ3v) is 4.23. The largest absolute Gasteiger partial charge is 0.497 e. The van der Waals surface area contributed by atoms with Crippen LogP contribution in [0.25, 0.3) is 10.9 Å². The van der Waals surface area contributed by atoms with Crippen molar-refractivity contribution in [3.63, 3.8) is 0 Å². The predicted octanol–water partition coefficient (Wildman–Crippen LogP) is 3.22. The number of halogens is 1. The van der Waals surface area contributed by atoms with Crippen LogP contribution in [0.3, 0.4) is 0 Å². The van der Waals surface area contributed by atoms with Gasteiger partial charge in [0.2, 0.25) is 5.95 Å². The number of anilines is 3. The van der Waals surface area contributed by atoms with Crippen LogP contribution in [0.4, 0.5) is 22.0 Å². The van der Waals surface area contributed by atoms with Gasteiger partial charge in [0.1, 0.15) is 23.2 Å². The maximum atomic E-state index is 13.1. The van der Waals surface area contributed by atoms with Crippen molar-refractivity contribution in [2.24, 2.45) is 7.05 Å². The van der Waals surface area contributed by atoms with E-state index in [0.717, 1.165) is 17.8 Å². The molecular weight excluding hydrogens is 375 g/mol. The minimum absolute atomic E-state index is 0.332. The van der Waals surface area contributed by atoms with Crippen LogP contribution in [0.5, 0.6) is 5.75 Å². The van der Waals surface area contributed by atoms with E-state index in [1.165, 1.54) is 0 Å². The molecule has 0 aliphatic heterocycles. The van der Waals surface area contributed by atoms with Crippen molar-refractivity contribution in [3.05, 3.63) is 54.8 Å². The Morgan fingerprint density at radius 1 is 1.14 bits per heavy atom. The van der Waals surface area contributed by atoms with Crippen molar-refractivity contribution in [2.75, 3.05) is 17.7 Å². The first-order valence-electron chi connectivity index (χ1n) is 8.86. The molecule has 9 nitrogen and oxygen atoms in total. The lowest BCUT2D eigenvalue weighted by Crippen LogP contribution is -2.13. The van der Waals surface area contributed by atoms with Gasteiger partial charge in [0.05, 0.1) is 37.4 Å². The Morgan fingerprint density at radius 2 is 1.93 bits per heavy atom. The Labute approximate surface area is 166 Å². The number of aryl methyl sites for hydroxylation is 1. The third kappa shape index (κ3) is 4.05. The first-order chi connectivity index (χ1) is 14.0. The molecule has 148 valence electrons. The highest BCUT2D eigenvalue weighted by Crippen LogP contribution is 2.28. The molecule has 0 aliphatic carbocycles. The normalized spacial score (nSPS) is 12.0. The van der Waals surface area contributed by atoms with Gasteiger partial charge in [-0.25, -0.2) is 24.3 Å². The molecule has 4 rings (SSSR count). The third-order valence-electron chi connectivity index (χ3n) is 4.23. The van der Waals surface area contributed by atoms with E-state index in [2.05, 4.69) is 35.6 Å². The number of imidazole rings is 1. The predicted molar refractivity (Wildman–Crippen MR) is 107 cm³/mol. The Kier molecular flexibility index (Phi) is 4.90. The smallest absolute Gasteiger partial charge is 0.225 e. The van der Waals surface area contributed by atoms with E-state index in [0.29, 0.717) is 34.7 Å². The lowest BCUT2D eigenvalue weighted by atomic mass is 10.2. The summed E-state index contributed by atoms with van der Waals surface area (Å²) < 4.78 is 20.2. The number of benzene rings is 1. The van der Waals surface area contributed by atoms with Gasteiger partial charge in [0.15, 0.2) is 5.82 Å². The highest BCUT2D eigenvalue weighted by Gasteiger charge is 2.14. The van der Waals surface area contributed by atoms with Gasteiger partial charge in [-0.2, -0.15) is 4.98 Å². The fourth-order valence-electron chi connectivity index (χ4n) is 2.80. The monoisotopic (exact) mass is 394 g/mol. The molecule has 10 heteroatoms. The number of nitrogens with zero attached hydrogens (tertiary/aromatic N) is 6. The molecule has 2 N–H and O–H groups in total. The zero-order valence-electron chi connectivity index (χ0n) is 16.1. The first-order valence-corrected chi connectivity index (χ1v) is 8.86. The standard InChI is InChI=1S/C19H19FN8O/c1-11(17-21-7-12(20)8-22-17)24-19-25-15-6-13(29-3)4-5-14(15)18(27-19)26-16-9-28(2)10-23-16/h4-11H,1-3H3,(H2,24,25,26,27)/t11-/m0/s1. The summed E-state index contributed by atoms with van der Waals surface area (Å²) in [4.78, 5) is 21.5. The van der Waals surface area contributed by atoms with Crippen LogP contribution in [-0.2, 0) is 7.05 Å². The summed E-state index contributed by atoms with van der Waals surface area (Å²) in [7, 11) is 3.49. The summed E-state index contributed by atoms with van der Waals surface area (Å²) in [5, 5.41) is 7.20. The van der Waals surface area contributed by atoms with Gasteiger partial charge in [-0.05, 0) is 19.1 Å². The van der Waals surface area contributed by atoms with Gasteiger partial charge in [-0.15, -0.1) is 0 Å². The topological polar surface area (TPSA) is 103 Å². The second-order valence-electron chi connectivity index (χ2n) is 6.45. The summed E-state index contributed by atoms with van der Waals surface area (Å²) in [5.41, 5.74) is 0.688. The van der Waals surface area contributed by atoms with Crippen LogP contribution >= 0.6 is 0 Å². The van der Waals surface area contributed by atoms with Gasteiger partial charge >= 0.3 is 0 Å². The van der Waals surface area contributed by atoms with Crippen molar-refractivity contribution < 1.29 is 9.13 Å². The van der Waals surface area contributed by atoms with Crippen LogP contribution < -0.4 is 15.4 Å². The average Bonchev–Trinajstić information content (AvgIpc) is 3.12. The van der Waals surface area contributed by atoms with E-state index in [4.69, 9.17) is 4.74 Å². The molecular formula is C19H19FN8O. The fraction of sp³-hybridized carbons (Fsp3) is 0.211. The number of nitrogens with one attached hydrogen (secondary N) is 2. The van der Waals surface area contributed by atoms with Crippen molar-refractivity contribution in [1.82, 2.24) is 29.5 Å². The Balaban J connectivity index is 1.71. The quantitative estimate of drug-likeness (QED) is 0.514. The van der Waals surface area contributed by atoms with Crippen LogP contribution in [-0.4, -0.2) is 36.6 Å². The Bertz CT molecular complexity index is 1140. The number of hydrogen-bond donors (Lipinski definition) is 2. The minimum Gasteiger partial charge on any atom is -0.497 e. The Morgan fingerprint density at radius 3 is 2.62 bits per heavy atom. The molecule has 0 aliphatic rings. The van der Waals surface area contributed by atoms with E-state index in [1.54, 1.807) is 13.4 Å². The summed E-state index contributed by atoms with van der Waals surface area (Å²) in [5.74, 6) is 2.23. The van der Waals surface area contributed by atoms with Gasteiger partial charge < -0.3 is 19.9 Å². The van der Waals surface area contributed by atoms with Gasteiger partial charge in [0, 0.05) is 24.7 Å². The SMILES string of the molecule is COc1ccc2c(Nc3cn(C)cn3)nc(N[C@@H](C)c3ncc(F)cn3)nc2c1. The molecule has 0 radical (unpaired) electrons. The molecule has 0 spiro atoms. The fourth-order valence-corrected chi connectivity index (χ4v) is 2.80. The number of hydrogen-bond acceptors (Lipinski definition) is 8. The molecule has 0 saturated heterocycles. The summed E-state index contributed by atoms with van der Waals surface area (Å²) >= 11 is 0. The van der Waals surface area contributed by atoms with E-state index < -0.39 is 5.82 Å². The van der Waals surface area contributed by atoms with E-state index >= 15 is 0 Å². The number of ether oxygens (including phenoxy) is 1. The van der Waals surface area contributed by atoms with E-state index in [-0.39, 0.29) is 6.04 Å². The molecule has 4 aromatic rings. The highest BCUT2D eigenvalue weighted by atomic mass is 19.1. The highest BCUT2D eigenvalue weighted by molar-refractivity contribution is 5.92. The molecule has 0 amide bonds. The number of aromatic nitrogens is 6. The number of fused-ring (bicyclic) bond motifs is 1. The maximum Gasteiger partial charge on any atom is 0.225 e. The minimum atomic E-state index is -0.489. The molecule has 1 aromatic carbocycles. The summed E-state index contributed by atoms with van der Waals surface area (Å²) in [6, 6.07) is 5.22. The second kappa shape index (κ2) is 7.66. The zero-order chi connectivity index (χ0) is 20.4. The molecule has 3 heterocycles. The van der Waals surface area contributed by atoms with Crippen LogP contribution in [0, 0.1) is 5.82 Å². The Hall–Kier alpha value is -3.82.